The Morgan fingerprint density at radius 2 is 2.15 bits per heavy atom. The topological polar surface area (TPSA) is 52.9 Å². The highest BCUT2D eigenvalue weighted by Crippen LogP contribution is 2.39. The number of hydrogen-bond acceptors (Lipinski definition) is 5. The van der Waals surface area contributed by atoms with Gasteiger partial charge in [-0.05, 0) is 42.2 Å². The molecule has 2 aliphatic heterocycles. The number of aliphatic hydroxyl groups is 2. The van der Waals surface area contributed by atoms with E-state index in [9.17, 15) is 10.2 Å². The van der Waals surface area contributed by atoms with Crippen LogP contribution in [0, 0.1) is 0 Å². The molecule has 2 saturated heterocycles. The maximum absolute atomic E-state index is 10.5. The summed E-state index contributed by atoms with van der Waals surface area (Å²) in [6.45, 7) is 5.03. The lowest BCUT2D eigenvalue weighted by molar-refractivity contribution is -0.246. The van der Waals surface area contributed by atoms with Crippen molar-refractivity contribution < 1.29 is 14.9 Å². The number of aliphatic hydroxyl groups excluding tert-OH is 1. The van der Waals surface area contributed by atoms with Crippen molar-refractivity contribution in [3.05, 3.63) is 22.4 Å². The number of rotatable bonds is 2. The molecule has 0 amide bonds. The van der Waals surface area contributed by atoms with Crippen molar-refractivity contribution in [3.8, 4) is 0 Å². The first-order valence-corrected chi connectivity index (χ1v) is 8.24. The summed E-state index contributed by atoms with van der Waals surface area (Å²) >= 11 is 1.73. The number of thiophene rings is 1. The number of hydrogen-bond donors (Lipinski definition) is 2. The third-order valence-electron chi connectivity index (χ3n) is 4.77. The SMILES string of the molecule is C[C@@]1(O)CCOC2(CCN(Cc3ccsc3)CC2)[C@H]1O. The zero-order chi connectivity index (χ0) is 14.2. The van der Waals surface area contributed by atoms with Gasteiger partial charge in [0.2, 0.25) is 0 Å². The zero-order valence-corrected chi connectivity index (χ0v) is 12.7. The van der Waals surface area contributed by atoms with Crippen molar-refractivity contribution in [2.24, 2.45) is 0 Å². The number of piperidine rings is 1. The van der Waals surface area contributed by atoms with E-state index in [0.29, 0.717) is 13.0 Å². The molecule has 0 aliphatic carbocycles. The van der Waals surface area contributed by atoms with Gasteiger partial charge < -0.3 is 14.9 Å². The Bertz CT molecular complexity index is 438. The third kappa shape index (κ3) is 2.65. The Morgan fingerprint density at radius 1 is 1.40 bits per heavy atom. The van der Waals surface area contributed by atoms with Crippen LogP contribution in [0.15, 0.2) is 16.8 Å². The molecule has 0 saturated carbocycles. The van der Waals surface area contributed by atoms with Crippen molar-refractivity contribution in [2.45, 2.75) is 50.0 Å². The first kappa shape index (κ1) is 14.5. The number of nitrogens with zero attached hydrogens (tertiary/aromatic N) is 1. The van der Waals surface area contributed by atoms with Gasteiger partial charge in [0.25, 0.3) is 0 Å². The summed E-state index contributed by atoms with van der Waals surface area (Å²) in [6.07, 6.45) is 1.30. The Morgan fingerprint density at radius 3 is 2.80 bits per heavy atom. The van der Waals surface area contributed by atoms with E-state index in [-0.39, 0.29) is 0 Å². The Kier molecular flexibility index (Phi) is 3.90. The summed E-state index contributed by atoms with van der Waals surface area (Å²) in [7, 11) is 0. The quantitative estimate of drug-likeness (QED) is 0.871. The molecular weight excluding hydrogens is 274 g/mol. The standard InChI is InChI=1S/C15H23NO3S/c1-14(18)5-8-19-15(13(14)17)3-6-16(7-4-15)10-12-2-9-20-11-12/h2,9,11,13,17-18H,3-8,10H2,1H3/t13-,14+/m0/s1. The lowest BCUT2D eigenvalue weighted by atomic mass is 9.75. The molecule has 4 nitrogen and oxygen atoms in total. The maximum Gasteiger partial charge on any atom is 0.111 e. The summed E-state index contributed by atoms with van der Waals surface area (Å²) in [5, 5.41) is 25.0. The van der Waals surface area contributed by atoms with Crippen LogP contribution in [0.1, 0.15) is 31.7 Å². The molecule has 3 rings (SSSR count). The molecule has 0 unspecified atom stereocenters. The Hall–Kier alpha value is -0.460. The number of likely N-dealkylation sites (tertiary alicyclic amines) is 1. The van der Waals surface area contributed by atoms with Crippen molar-refractivity contribution in [1.29, 1.82) is 0 Å². The fourth-order valence-electron chi connectivity index (χ4n) is 3.39. The lowest BCUT2D eigenvalue weighted by Crippen LogP contribution is -2.64. The average Bonchev–Trinajstić information content (AvgIpc) is 2.92. The predicted octanol–water partition coefficient (Wildman–Crippen LogP) is 1.61. The molecule has 112 valence electrons. The van der Waals surface area contributed by atoms with Gasteiger partial charge in [0.05, 0.1) is 17.8 Å². The van der Waals surface area contributed by atoms with Crippen molar-refractivity contribution in [1.82, 2.24) is 4.90 Å². The minimum atomic E-state index is -1.02. The van der Waals surface area contributed by atoms with Crippen LogP contribution in [0.2, 0.25) is 0 Å². The van der Waals surface area contributed by atoms with Crippen LogP contribution >= 0.6 is 11.3 Å². The largest absolute Gasteiger partial charge is 0.387 e. The van der Waals surface area contributed by atoms with E-state index in [2.05, 4.69) is 21.7 Å². The molecule has 2 fully saturated rings. The molecular formula is C15H23NO3S. The summed E-state index contributed by atoms with van der Waals surface area (Å²) in [5.74, 6) is 0. The van der Waals surface area contributed by atoms with Gasteiger partial charge in [0.15, 0.2) is 0 Å². The summed E-state index contributed by atoms with van der Waals surface area (Å²) in [6, 6.07) is 2.16. The first-order chi connectivity index (χ1) is 9.52. The maximum atomic E-state index is 10.5. The molecule has 0 aromatic carbocycles. The second-order valence-corrected chi connectivity index (χ2v) is 7.11. The fraction of sp³-hybridized carbons (Fsp3) is 0.733. The fourth-order valence-corrected chi connectivity index (χ4v) is 4.05. The van der Waals surface area contributed by atoms with E-state index in [1.807, 2.05) is 0 Å². The monoisotopic (exact) mass is 297 g/mol. The smallest absolute Gasteiger partial charge is 0.111 e. The second-order valence-electron chi connectivity index (χ2n) is 6.33. The van der Waals surface area contributed by atoms with Crippen LogP contribution in [-0.4, -0.2) is 52.1 Å². The van der Waals surface area contributed by atoms with Crippen LogP contribution in [-0.2, 0) is 11.3 Å². The van der Waals surface area contributed by atoms with Crippen LogP contribution in [0.4, 0.5) is 0 Å². The number of ether oxygens (including phenoxy) is 1. The predicted molar refractivity (Wildman–Crippen MR) is 78.8 cm³/mol. The van der Waals surface area contributed by atoms with E-state index >= 15 is 0 Å². The van der Waals surface area contributed by atoms with Gasteiger partial charge in [-0.3, -0.25) is 4.90 Å². The zero-order valence-electron chi connectivity index (χ0n) is 11.9. The molecule has 2 aliphatic rings. The second kappa shape index (κ2) is 5.39. The van der Waals surface area contributed by atoms with Gasteiger partial charge in [-0.1, -0.05) is 0 Å². The molecule has 20 heavy (non-hydrogen) atoms. The van der Waals surface area contributed by atoms with Crippen LogP contribution in [0.5, 0.6) is 0 Å². The van der Waals surface area contributed by atoms with Crippen LogP contribution < -0.4 is 0 Å². The van der Waals surface area contributed by atoms with Gasteiger partial charge in [-0.25, -0.2) is 0 Å². The van der Waals surface area contributed by atoms with E-state index in [1.165, 1.54) is 5.56 Å². The molecule has 0 bridgehead atoms. The highest BCUT2D eigenvalue weighted by Gasteiger charge is 2.52. The molecule has 5 heteroatoms. The minimum absolute atomic E-state index is 0.508. The first-order valence-electron chi connectivity index (χ1n) is 7.30. The third-order valence-corrected chi connectivity index (χ3v) is 5.51. The van der Waals surface area contributed by atoms with Gasteiger partial charge in [0, 0.05) is 26.1 Å². The van der Waals surface area contributed by atoms with Gasteiger partial charge in [0.1, 0.15) is 6.10 Å². The summed E-state index contributed by atoms with van der Waals surface area (Å²) in [4.78, 5) is 2.40. The van der Waals surface area contributed by atoms with Gasteiger partial charge in [-0.2, -0.15) is 11.3 Å². The average molecular weight is 297 g/mol. The summed E-state index contributed by atoms with van der Waals surface area (Å²) < 4.78 is 5.90. The minimum Gasteiger partial charge on any atom is -0.387 e. The molecule has 1 aromatic rings. The van der Waals surface area contributed by atoms with E-state index in [1.54, 1.807) is 18.3 Å². The van der Waals surface area contributed by atoms with Crippen molar-refractivity contribution >= 4 is 11.3 Å². The molecule has 0 radical (unpaired) electrons. The van der Waals surface area contributed by atoms with Gasteiger partial charge >= 0.3 is 0 Å². The molecule has 1 spiro atoms. The lowest BCUT2D eigenvalue weighted by Gasteiger charge is -2.51. The Balaban J connectivity index is 1.62. The molecule has 3 heterocycles. The normalized spacial score (nSPS) is 34.5. The van der Waals surface area contributed by atoms with Crippen LogP contribution in [0.25, 0.3) is 0 Å². The van der Waals surface area contributed by atoms with E-state index in [0.717, 1.165) is 32.5 Å². The molecule has 2 N–H and O–H groups in total. The Labute approximate surface area is 124 Å². The van der Waals surface area contributed by atoms with E-state index < -0.39 is 17.3 Å². The molecule has 1 aromatic heterocycles. The van der Waals surface area contributed by atoms with E-state index in [4.69, 9.17) is 4.74 Å². The van der Waals surface area contributed by atoms with Crippen LogP contribution in [0.3, 0.4) is 0 Å². The summed E-state index contributed by atoms with van der Waals surface area (Å²) in [5.41, 5.74) is -0.219. The highest BCUT2D eigenvalue weighted by molar-refractivity contribution is 7.07. The van der Waals surface area contributed by atoms with Crippen molar-refractivity contribution in [2.75, 3.05) is 19.7 Å². The highest BCUT2D eigenvalue weighted by atomic mass is 32.1. The van der Waals surface area contributed by atoms with Crippen molar-refractivity contribution in [3.63, 3.8) is 0 Å². The molecule has 2 atom stereocenters. The van der Waals surface area contributed by atoms with Gasteiger partial charge in [-0.15, -0.1) is 0 Å².